The molecule has 0 radical (unpaired) electrons. The molecule has 1 aliphatic carbocycles. The van der Waals surface area contributed by atoms with Crippen molar-refractivity contribution in [3.05, 3.63) is 63.6 Å². The van der Waals surface area contributed by atoms with Gasteiger partial charge in [0.1, 0.15) is 11.5 Å². The fraction of sp³-hybridized carbons (Fsp3) is 0.316. The van der Waals surface area contributed by atoms with E-state index in [0.29, 0.717) is 6.54 Å². The van der Waals surface area contributed by atoms with Crippen molar-refractivity contribution in [2.75, 3.05) is 7.05 Å². The molecule has 3 rings (SSSR count). The summed E-state index contributed by atoms with van der Waals surface area (Å²) in [5.74, 6) is 1.76. The van der Waals surface area contributed by atoms with Crippen LogP contribution in [0.25, 0.3) is 6.08 Å². The van der Waals surface area contributed by atoms with E-state index in [1.807, 2.05) is 32.2 Å². The third-order valence-electron chi connectivity index (χ3n) is 4.13. The molecule has 3 nitrogen and oxygen atoms in total. The average molecular weight is 295 g/mol. The number of carbonyl (C=O) groups is 1. The first-order chi connectivity index (χ1) is 10.4. The molecule has 0 N–H and O–H groups in total. The molecule has 0 bridgehead atoms. The second-order valence-electron chi connectivity index (χ2n) is 6.17. The monoisotopic (exact) mass is 295 g/mol. The van der Waals surface area contributed by atoms with Crippen molar-refractivity contribution >= 4 is 12.0 Å². The van der Waals surface area contributed by atoms with Crippen LogP contribution in [0.1, 0.15) is 33.8 Å². The Morgan fingerprint density at radius 1 is 1.23 bits per heavy atom. The average Bonchev–Trinajstić information content (AvgIpc) is 3.04. The van der Waals surface area contributed by atoms with Gasteiger partial charge >= 0.3 is 0 Å². The summed E-state index contributed by atoms with van der Waals surface area (Å²) in [5, 5.41) is 0. The summed E-state index contributed by atoms with van der Waals surface area (Å²) < 4.78 is 5.55. The fourth-order valence-electron chi connectivity index (χ4n) is 3.11. The van der Waals surface area contributed by atoms with Crippen LogP contribution >= 0.6 is 0 Å². The minimum absolute atomic E-state index is 0.0716. The molecule has 1 aromatic carbocycles. The van der Waals surface area contributed by atoms with Crippen molar-refractivity contribution in [2.45, 2.75) is 33.7 Å². The molecule has 0 fully saturated rings. The molecule has 114 valence electrons. The Morgan fingerprint density at radius 3 is 2.68 bits per heavy atom. The van der Waals surface area contributed by atoms with Gasteiger partial charge in [0.05, 0.1) is 6.54 Å². The summed E-state index contributed by atoms with van der Waals surface area (Å²) in [6.07, 6.45) is 2.76. The van der Waals surface area contributed by atoms with Gasteiger partial charge in [-0.3, -0.25) is 4.79 Å². The van der Waals surface area contributed by atoms with Gasteiger partial charge in [-0.15, -0.1) is 0 Å². The smallest absolute Gasteiger partial charge is 0.250 e. The predicted molar refractivity (Wildman–Crippen MR) is 87.5 cm³/mol. The van der Waals surface area contributed by atoms with E-state index in [1.165, 1.54) is 22.3 Å². The van der Waals surface area contributed by atoms with E-state index in [4.69, 9.17) is 4.42 Å². The van der Waals surface area contributed by atoms with E-state index in [-0.39, 0.29) is 5.91 Å². The van der Waals surface area contributed by atoms with Crippen molar-refractivity contribution in [1.82, 2.24) is 4.90 Å². The maximum absolute atomic E-state index is 12.6. The standard InChI is InChI=1S/C19H21NO2/c1-12-7-13(2)18-10-16(9-15(18)8-12)19(21)20(4)11-17-6-5-14(3)22-17/h5-8,10H,9,11H2,1-4H3. The van der Waals surface area contributed by atoms with Gasteiger partial charge in [0, 0.05) is 19.0 Å². The van der Waals surface area contributed by atoms with Crippen molar-refractivity contribution in [1.29, 1.82) is 0 Å². The van der Waals surface area contributed by atoms with E-state index in [1.54, 1.807) is 4.90 Å². The molecule has 0 aliphatic heterocycles. The zero-order chi connectivity index (χ0) is 15.9. The van der Waals surface area contributed by atoms with Gasteiger partial charge in [0.15, 0.2) is 0 Å². The Balaban J connectivity index is 1.76. The van der Waals surface area contributed by atoms with Gasteiger partial charge in [-0.2, -0.15) is 0 Å². The number of hydrogen-bond donors (Lipinski definition) is 0. The summed E-state index contributed by atoms with van der Waals surface area (Å²) in [6.45, 7) is 6.61. The van der Waals surface area contributed by atoms with Gasteiger partial charge < -0.3 is 9.32 Å². The Hall–Kier alpha value is -2.29. The number of fused-ring (bicyclic) bond motifs is 1. The lowest BCUT2D eigenvalue weighted by Gasteiger charge is -2.16. The lowest BCUT2D eigenvalue weighted by atomic mass is 10.0. The number of carbonyl (C=O) groups excluding carboxylic acids is 1. The van der Waals surface area contributed by atoms with Crippen LogP contribution in [0.5, 0.6) is 0 Å². The van der Waals surface area contributed by atoms with Gasteiger partial charge in [-0.25, -0.2) is 0 Å². The zero-order valence-electron chi connectivity index (χ0n) is 13.6. The molecule has 0 spiro atoms. The Morgan fingerprint density at radius 2 is 2.00 bits per heavy atom. The number of amides is 1. The van der Waals surface area contributed by atoms with Crippen molar-refractivity contribution in [3.8, 4) is 0 Å². The molecular weight excluding hydrogens is 274 g/mol. The van der Waals surface area contributed by atoms with Crippen LogP contribution in [0.2, 0.25) is 0 Å². The molecule has 1 aliphatic rings. The van der Waals surface area contributed by atoms with Gasteiger partial charge in [0.25, 0.3) is 0 Å². The van der Waals surface area contributed by atoms with Gasteiger partial charge in [-0.05, 0) is 55.7 Å². The highest BCUT2D eigenvalue weighted by Crippen LogP contribution is 2.30. The van der Waals surface area contributed by atoms with E-state index in [0.717, 1.165) is 23.5 Å². The highest BCUT2D eigenvalue weighted by atomic mass is 16.3. The second kappa shape index (κ2) is 5.48. The number of aryl methyl sites for hydroxylation is 3. The highest BCUT2D eigenvalue weighted by Gasteiger charge is 2.23. The van der Waals surface area contributed by atoms with Crippen molar-refractivity contribution in [2.24, 2.45) is 0 Å². The van der Waals surface area contributed by atoms with Crippen LogP contribution in [0, 0.1) is 20.8 Å². The number of nitrogens with zero attached hydrogens (tertiary/aromatic N) is 1. The van der Waals surface area contributed by atoms with Crippen molar-refractivity contribution in [3.63, 3.8) is 0 Å². The van der Waals surface area contributed by atoms with E-state index >= 15 is 0 Å². The fourth-order valence-corrected chi connectivity index (χ4v) is 3.11. The largest absolute Gasteiger partial charge is 0.464 e. The summed E-state index contributed by atoms with van der Waals surface area (Å²) in [6, 6.07) is 8.18. The molecule has 0 unspecified atom stereocenters. The molecule has 1 aromatic heterocycles. The highest BCUT2D eigenvalue weighted by molar-refractivity contribution is 6.00. The summed E-state index contributed by atoms with van der Waals surface area (Å²) in [4.78, 5) is 14.4. The Bertz CT molecular complexity index is 768. The molecule has 0 saturated heterocycles. The summed E-state index contributed by atoms with van der Waals surface area (Å²) in [5.41, 5.74) is 5.80. The number of rotatable bonds is 3. The number of hydrogen-bond acceptors (Lipinski definition) is 2. The topological polar surface area (TPSA) is 33.5 Å². The molecule has 22 heavy (non-hydrogen) atoms. The van der Waals surface area contributed by atoms with E-state index in [9.17, 15) is 4.79 Å². The molecule has 0 atom stereocenters. The van der Waals surface area contributed by atoms with Crippen LogP contribution in [0.3, 0.4) is 0 Å². The van der Waals surface area contributed by atoms with E-state index in [2.05, 4.69) is 26.0 Å². The van der Waals surface area contributed by atoms with Crippen LogP contribution in [-0.2, 0) is 17.8 Å². The van der Waals surface area contributed by atoms with Crippen LogP contribution < -0.4 is 0 Å². The van der Waals surface area contributed by atoms with Gasteiger partial charge in [-0.1, -0.05) is 17.7 Å². The number of benzene rings is 1. The van der Waals surface area contributed by atoms with Crippen LogP contribution in [0.15, 0.2) is 34.3 Å². The lowest BCUT2D eigenvalue weighted by molar-refractivity contribution is -0.126. The SMILES string of the molecule is Cc1cc(C)c2c(c1)CC(C(=O)N(C)Cc1ccc(C)o1)=C2. The number of likely N-dealkylation sites (N-methyl/N-ethyl adjacent to an activating group) is 1. The first-order valence-electron chi connectivity index (χ1n) is 7.55. The Labute approximate surface area is 131 Å². The third-order valence-corrected chi connectivity index (χ3v) is 4.13. The molecule has 3 heteroatoms. The van der Waals surface area contributed by atoms with Crippen molar-refractivity contribution < 1.29 is 9.21 Å². The second-order valence-corrected chi connectivity index (χ2v) is 6.17. The third kappa shape index (κ3) is 2.71. The van der Waals surface area contributed by atoms with Crippen LogP contribution in [0.4, 0.5) is 0 Å². The molecular formula is C19H21NO2. The predicted octanol–water partition coefficient (Wildman–Crippen LogP) is 3.80. The lowest BCUT2D eigenvalue weighted by Crippen LogP contribution is -2.27. The minimum atomic E-state index is 0.0716. The Kier molecular flexibility index (Phi) is 3.65. The van der Waals surface area contributed by atoms with Gasteiger partial charge in [0.2, 0.25) is 5.91 Å². The first kappa shape index (κ1) is 14.6. The minimum Gasteiger partial charge on any atom is -0.464 e. The molecule has 0 saturated carbocycles. The maximum atomic E-state index is 12.6. The molecule has 1 amide bonds. The summed E-state index contributed by atoms with van der Waals surface area (Å²) in [7, 11) is 1.82. The zero-order valence-corrected chi connectivity index (χ0v) is 13.6. The maximum Gasteiger partial charge on any atom is 0.250 e. The molecule has 2 aromatic rings. The number of furan rings is 1. The first-order valence-corrected chi connectivity index (χ1v) is 7.55. The summed E-state index contributed by atoms with van der Waals surface area (Å²) >= 11 is 0. The van der Waals surface area contributed by atoms with E-state index < -0.39 is 0 Å². The normalized spacial score (nSPS) is 13.0. The quantitative estimate of drug-likeness (QED) is 0.863. The molecule has 1 heterocycles. The van der Waals surface area contributed by atoms with Crippen LogP contribution in [-0.4, -0.2) is 17.9 Å².